The van der Waals surface area contributed by atoms with Crippen LogP contribution in [0.4, 0.5) is 0 Å². The summed E-state index contributed by atoms with van der Waals surface area (Å²) in [5.74, 6) is 0.893. The molecule has 0 atom stereocenters. The van der Waals surface area contributed by atoms with Crippen molar-refractivity contribution in [2.45, 2.75) is 46.6 Å². The highest BCUT2D eigenvalue weighted by molar-refractivity contribution is 7.09. The van der Waals surface area contributed by atoms with Crippen LogP contribution in [-0.4, -0.2) is 24.0 Å². The van der Waals surface area contributed by atoms with E-state index in [1.54, 1.807) is 11.3 Å². The number of nitrogens with zero attached hydrogens (tertiary/aromatic N) is 2. The van der Waals surface area contributed by atoms with Gasteiger partial charge in [-0.3, -0.25) is 0 Å². The third-order valence-electron chi connectivity index (χ3n) is 3.62. The van der Waals surface area contributed by atoms with E-state index in [0.717, 1.165) is 44.0 Å². The number of aryl methyl sites for hydroxylation is 3. The summed E-state index contributed by atoms with van der Waals surface area (Å²) in [6.45, 7) is 8.77. The molecular formula is C19H28N4S. The number of nitrogens with one attached hydrogen (secondary N) is 2. The number of benzene rings is 1. The molecule has 0 aliphatic rings. The maximum Gasteiger partial charge on any atom is 0.191 e. The van der Waals surface area contributed by atoms with Gasteiger partial charge < -0.3 is 10.6 Å². The van der Waals surface area contributed by atoms with E-state index in [-0.39, 0.29) is 0 Å². The fraction of sp³-hybridized carbons (Fsp3) is 0.474. The molecule has 1 aromatic carbocycles. The molecular weight excluding hydrogens is 316 g/mol. The van der Waals surface area contributed by atoms with Gasteiger partial charge in [0.05, 0.1) is 11.6 Å². The Morgan fingerprint density at radius 3 is 2.79 bits per heavy atom. The molecule has 0 spiro atoms. The van der Waals surface area contributed by atoms with E-state index in [0.29, 0.717) is 6.54 Å². The summed E-state index contributed by atoms with van der Waals surface area (Å²) in [5, 5.41) is 10.1. The largest absolute Gasteiger partial charge is 0.357 e. The van der Waals surface area contributed by atoms with Crippen molar-refractivity contribution in [1.82, 2.24) is 15.6 Å². The molecule has 0 aliphatic carbocycles. The lowest BCUT2D eigenvalue weighted by Gasteiger charge is -2.11. The molecule has 0 aliphatic heterocycles. The molecule has 2 N–H and O–H groups in total. The predicted molar refractivity (Wildman–Crippen MR) is 104 cm³/mol. The molecule has 0 amide bonds. The van der Waals surface area contributed by atoms with Crippen molar-refractivity contribution in [2.75, 3.05) is 13.1 Å². The Hall–Kier alpha value is -1.88. The molecule has 0 bridgehead atoms. The van der Waals surface area contributed by atoms with E-state index >= 15 is 0 Å². The molecule has 0 saturated carbocycles. The van der Waals surface area contributed by atoms with Gasteiger partial charge in [0.15, 0.2) is 5.96 Å². The Bertz CT molecular complexity index is 648. The maximum atomic E-state index is 4.67. The van der Waals surface area contributed by atoms with Crippen LogP contribution < -0.4 is 10.6 Å². The van der Waals surface area contributed by atoms with Crippen LogP contribution in [0.3, 0.4) is 0 Å². The first-order valence-corrected chi connectivity index (χ1v) is 9.54. The number of thiazole rings is 1. The second-order valence-corrected chi connectivity index (χ2v) is 6.89. The van der Waals surface area contributed by atoms with Gasteiger partial charge in [-0.05, 0) is 45.6 Å². The number of unbranched alkanes of at least 4 members (excludes halogenated alkanes) is 1. The van der Waals surface area contributed by atoms with Crippen LogP contribution in [0.25, 0.3) is 0 Å². The summed E-state index contributed by atoms with van der Waals surface area (Å²) in [5.41, 5.74) is 3.65. The molecule has 0 radical (unpaired) electrons. The zero-order valence-corrected chi connectivity index (χ0v) is 15.7. The van der Waals surface area contributed by atoms with Gasteiger partial charge in [0.2, 0.25) is 0 Å². The van der Waals surface area contributed by atoms with Gasteiger partial charge >= 0.3 is 0 Å². The van der Waals surface area contributed by atoms with Crippen LogP contribution in [0.15, 0.2) is 34.6 Å². The fourth-order valence-electron chi connectivity index (χ4n) is 2.45. The molecule has 24 heavy (non-hydrogen) atoms. The maximum absolute atomic E-state index is 4.67. The number of hydrogen-bond acceptors (Lipinski definition) is 3. The van der Waals surface area contributed by atoms with Crippen molar-refractivity contribution < 1.29 is 0 Å². The van der Waals surface area contributed by atoms with E-state index in [9.17, 15) is 0 Å². The molecule has 5 heteroatoms. The van der Waals surface area contributed by atoms with Crippen LogP contribution in [0.2, 0.25) is 0 Å². The third kappa shape index (κ3) is 6.71. The lowest BCUT2D eigenvalue weighted by atomic mass is 10.1. The van der Waals surface area contributed by atoms with Crippen LogP contribution >= 0.6 is 11.3 Å². The summed E-state index contributed by atoms with van der Waals surface area (Å²) in [6, 6.07) is 8.50. The molecule has 2 aromatic rings. The highest BCUT2D eigenvalue weighted by atomic mass is 32.1. The topological polar surface area (TPSA) is 49.3 Å². The Morgan fingerprint density at radius 2 is 2.08 bits per heavy atom. The number of aromatic nitrogens is 1. The number of rotatable bonds is 8. The normalized spacial score (nSPS) is 11.5. The Labute approximate surface area is 149 Å². The van der Waals surface area contributed by atoms with Gasteiger partial charge in [0.25, 0.3) is 0 Å². The van der Waals surface area contributed by atoms with Gasteiger partial charge in [0, 0.05) is 24.2 Å². The second-order valence-electron chi connectivity index (χ2n) is 5.95. The average Bonchev–Trinajstić information content (AvgIpc) is 2.97. The first kappa shape index (κ1) is 18.5. The zero-order valence-electron chi connectivity index (χ0n) is 14.9. The Balaban J connectivity index is 1.73. The van der Waals surface area contributed by atoms with Crippen molar-refractivity contribution in [3.8, 4) is 0 Å². The summed E-state index contributed by atoms with van der Waals surface area (Å²) in [7, 11) is 0. The molecule has 0 saturated heterocycles. The van der Waals surface area contributed by atoms with Crippen molar-refractivity contribution in [2.24, 2.45) is 4.99 Å². The molecule has 2 rings (SSSR count). The number of aliphatic imine (C=N–C) groups is 1. The van der Waals surface area contributed by atoms with E-state index < -0.39 is 0 Å². The lowest BCUT2D eigenvalue weighted by Crippen LogP contribution is -2.37. The quantitative estimate of drug-likeness (QED) is 0.434. The van der Waals surface area contributed by atoms with Gasteiger partial charge in [0.1, 0.15) is 0 Å². The van der Waals surface area contributed by atoms with Crippen molar-refractivity contribution in [3.05, 3.63) is 51.5 Å². The summed E-state index contributed by atoms with van der Waals surface area (Å²) in [4.78, 5) is 9.17. The van der Waals surface area contributed by atoms with E-state index in [4.69, 9.17) is 0 Å². The van der Waals surface area contributed by atoms with Gasteiger partial charge in [-0.1, -0.05) is 29.8 Å². The molecule has 0 fully saturated rings. The highest BCUT2D eigenvalue weighted by Gasteiger charge is 2.00. The highest BCUT2D eigenvalue weighted by Crippen LogP contribution is 2.11. The van der Waals surface area contributed by atoms with E-state index in [1.807, 2.05) is 0 Å². The smallest absolute Gasteiger partial charge is 0.191 e. The van der Waals surface area contributed by atoms with Crippen LogP contribution in [0.5, 0.6) is 0 Å². The SMILES string of the molecule is CCNC(=NCc1cccc(C)c1)NCCCCc1nc(C)cs1. The van der Waals surface area contributed by atoms with E-state index in [2.05, 4.69) is 71.0 Å². The zero-order chi connectivity index (χ0) is 17.2. The standard InChI is InChI=1S/C19H28N4S/c1-4-20-19(22-13-17-9-7-8-15(2)12-17)21-11-6-5-10-18-23-16(3)14-24-18/h7-9,12,14H,4-6,10-11,13H2,1-3H3,(H2,20,21,22). The summed E-state index contributed by atoms with van der Waals surface area (Å²) >= 11 is 1.76. The molecule has 1 heterocycles. The molecule has 0 unspecified atom stereocenters. The fourth-order valence-corrected chi connectivity index (χ4v) is 3.27. The van der Waals surface area contributed by atoms with E-state index in [1.165, 1.54) is 16.1 Å². The van der Waals surface area contributed by atoms with Crippen LogP contribution in [0.1, 0.15) is 41.6 Å². The Morgan fingerprint density at radius 1 is 1.21 bits per heavy atom. The molecule has 1 aromatic heterocycles. The van der Waals surface area contributed by atoms with Crippen molar-refractivity contribution in [1.29, 1.82) is 0 Å². The molecule has 4 nitrogen and oxygen atoms in total. The van der Waals surface area contributed by atoms with Gasteiger partial charge in [-0.15, -0.1) is 11.3 Å². The monoisotopic (exact) mass is 344 g/mol. The van der Waals surface area contributed by atoms with Crippen molar-refractivity contribution >= 4 is 17.3 Å². The minimum absolute atomic E-state index is 0.704. The third-order valence-corrected chi connectivity index (χ3v) is 4.65. The minimum Gasteiger partial charge on any atom is -0.357 e. The van der Waals surface area contributed by atoms with Crippen LogP contribution in [0, 0.1) is 13.8 Å². The second kappa shape index (κ2) is 10.1. The molecule has 130 valence electrons. The van der Waals surface area contributed by atoms with Gasteiger partial charge in [-0.2, -0.15) is 0 Å². The Kier molecular flexibility index (Phi) is 7.75. The number of hydrogen-bond donors (Lipinski definition) is 2. The average molecular weight is 345 g/mol. The first-order chi connectivity index (χ1) is 11.7. The first-order valence-electron chi connectivity index (χ1n) is 8.66. The van der Waals surface area contributed by atoms with Crippen LogP contribution in [-0.2, 0) is 13.0 Å². The number of guanidine groups is 1. The predicted octanol–water partition coefficient (Wildman–Crippen LogP) is 3.84. The lowest BCUT2D eigenvalue weighted by molar-refractivity contribution is 0.692. The van der Waals surface area contributed by atoms with Crippen molar-refractivity contribution in [3.63, 3.8) is 0 Å². The minimum atomic E-state index is 0.704. The van der Waals surface area contributed by atoms with Gasteiger partial charge in [-0.25, -0.2) is 9.98 Å². The summed E-state index contributed by atoms with van der Waals surface area (Å²) in [6.07, 6.45) is 3.34. The summed E-state index contributed by atoms with van der Waals surface area (Å²) < 4.78 is 0.